The Morgan fingerprint density at radius 1 is 1.07 bits per heavy atom. The molecular weight excluding hydrogens is 543 g/mol. The Balaban J connectivity index is 1.51. The van der Waals surface area contributed by atoms with Crippen LogP contribution < -0.4 is 30.7 Å². The Morgan fingerprint density at radius 3 is 2.50 bits per heavy atom. The van der Waals surface area contributed by atoms with Gasteiger partial charge >= 0.3 is 0 Å². The van der Waals surface area contributed by atoms with Crippen LogP contribution in [0, 0.1) is 11.7 Å². The second-order valence-electron chi connectivity index (χ2n) is 11.1. The zero-order valence-electron chi connectivity index (χ0n) is 24.0. The SMILES string of the molecule is CC(C)[C@@H]1COc2ccccc2C(=O)N[C@H](C(=O)NCCOc2ccc(F)cc2)CCC(=O)NC2(CCCC2)C(=O)N1. The maximum absolute atomic E-state index is 13.5. The molecular formula is C31H39FN4O6. The lowest BCUT2D eigenvalue weighted by molar-refractivity contribution is -0.134. The van der Waals surface area contributed by atoms with E-state index < -0.39 is 23.4 Å². The van der Waals surface area contributed by atoms with E-state index in [2.05, 4.69) is 21.3 Å². The summed E-state index contributed by atoms with van der Waals surface area (Å²) in [4.78, 5) is 53.2. The van der Waals surface area contributed by atoms with Crippen molar-refractivity contribution in [2.24, 2.45) is 5.92 Å². The highest BCUT2D eigenvalue weighted by atomic mass is 19.1. The number of carbonyl (C=O) groups excluding carboxylic acids is 4. The molecule has 2 aliphatic rings. The minimum absolute atomic E-state index is 0.0115. The van der Waals surface area contributed by atoms with Gasteiger partial charge in [0, 0.05) is 6.42 Å². The zero-order chi connectivity index (χ0) is 30.1. The van der Waals surface area contributed by atoms with Crippen molar-refractivity contribution in [2.75, 3.05) is 19.8 Å². The lowest BCUT2D eigenvalue weighted by Gasteiger charge is -2.32. The number of amides is 4. The van der Waals surface area contributed by atoms with Crippen LogP contribution in [0.5, 0.6) is 11.5 Å². The maximum Gasteiger partial charge on any atom is 0.255 e. The van der Waals surface area contributed by atoms with Crippen molar-refractivity contribution in [1.82, 2.24) is 21.3 Å². The first-order valence-corrected chi connectivity index (χ1v) is 14.5. The molecule has 1 aliphatic carbocycles. The largest absolute Gasteiger partial charge is 0.492 e. The highest BCUT2D eigenvalue weighted by molar-refractivity contribution is 6.00. The fourth-order valence-corrected chi connectivity index (χ4v) is 5.16. The molecule has 1 aliphatic heterocycles. The highest BCUT2D eigenvalue weighted by Crippen LogP contribution is 2.31. The number of halogens is 1. The summed E-state index contributed by atoms with van der Waals surface area (Å²) >= 11 is 0. The molecule has 10 nitrogen and oxygen atoms in total. The van der Waals surface area contributed by atoms with Crippen LogP contribution in [-0.2, 0) is 14.4 Å². The van der Waals surface area contributed by atoms with Crippen LogP contribution in [-0.4, -0.2) is 61.0 Å². The van der Waals surface area contributed by atoms with Gasteiger partial charge in [-0.3, -0.25) is 19.2 Å². The van der Waals surface area contributed by atoms with E-state index in [9.17, 15) is 23.6 Å². The van der Waals surface area contributed by atoms with Crippen LogP contribution >= 0.6 is 0 Å². The van der Waals surface area contributed by atoms with Crippen molar-refractivity contribution in [3.63, 3.8) is 0 Å². The average Bonchev–Trinajstić information content (AvgIpc) is 3.45. The highest BCUT2D eigenvalue weighted by Gasteiger charge is 2.43. The molecule has 4 rings (SSSR count). The van der Waals surface area contributed by atoms with Crippen LogP contribution in [0.25, 0.3) is 0 Å². The third-order valence-electron chi connectivity index (χ3n) is 7.71. The number of rotatable bonds is 6. The van der Waals surface area contributed by atoms with Gasteiger partial charge in [-0.15, -0.1) is 0 Å². The van der Waals surface area contributed by atoms with Crippen LogP contribution in [0.1, 0.15) is 62.7 Å². The molecule has 0 unspecified atom stereocenters. The monoisotopic (exact) mass is 582 g/mol. The Bertz CT molecular complexity index is 1260. The normalized spacial score (nSPS) is 21.2. The van der Waals surface area contributed by atoms with Gasteiger partial charge in [-0.05, 0) is 61.6 Å². The summed E-state index contributed by atoms with van der Waals surface area (Å²) in [7, 11) is 0. The summed E-state index contributed by atoms with van der Waals surface area (Å²) in [6, 6.07) is 10.8. The summed E-state index contributed by atoms with van der Waals surface area (Å²) in [6.07, 6.45) is 2.60. The minimum atomic E-state index is -1.04. The molecule has 0 aromatic heterocycles. The van der Waals surface area contributed by atoms with E-state index in [-0.39, 0.29) is 67.8 Å². The van der Waals surface area contributed by atoms with E-state index in [0.29, 0.717) is 24.3 Å². The van der Waals surface area contributed by atoms with E-state index in [1.807, 2.05) is 13.8 Å². The van der Waals surface area contributed by atoms with Crippen molar-refractivity contribution in [3.8, 4) is 11.5 Å². The first-order valence-electron chi connectivity index (χ1n) is 14.5. The summed E-state index contributed by atoms with van der Waals surface area (Å²) < 4.78 is 24.7. The molecule has 11 heteroatoms. The van der Waals surface area contributed by atoms with E-state index >= 15 is 0 Å². The number of hydrogen-bond acceptors (Lipinski definition) is 6. The number of ether oxygens (including phenoxy) is 2. The Morgan fingerprint density at radius 2 is 1.79 bits per heavy atom. The first-order chi connectivity index (χ1) is 20.2. The molecule has 0 bridgehead atoms. The van der Waals surface area contributed by atoms with Gasteiger partial charge in [0.15, 0.2) is 0 Å². The molecule has 1 fully saturated rings. The summed E-state index contributed by atoms with van der Waals surface area (Å²) in [5.74, 6) is -1.22. The number of carbonyl (C=O) groups is 4. The summed E-state index contributed by atoms with van der Waals surface area (Å²) in [5.41, 5.74) is -0.795. The average molecular weight is 583 g/mol. The molecule has 4 N–H and O–H groups in total. The fraction of sp³-hybridized carbons (Fsp3) is 0.484. The van der Waals surface area contributed by atoms with Crippen molar-refractivity contribution < 1.29 is 33.0 Å². The number of para-hydroxylation sites is 1. The fourth-order valence-electron chi connectivity index (χ4n) is 5.16. The van der Waals surface area contributed by atoms with Gasteiger partial charge in [-0.25, -0.2) is 4.39 Å². The molecule has 4 amide bonds. The molecule has 226 valence electrons. The van der Waals surface area contributed by atoms with Crippen molar-refractivity contribution in [3.05, 3.63) is 59.9 Å². The van der Waals surface area contributed by atoms with Gasteiger partial charge in [-0.2, -0.15) is 0 Å². The third kappa shape index (κ3) is 7.98. The number of hydrogen-bond donors (Lipinski definition) is 4. The molecule has 2 aromatic carbocycles. The van der Waals surface area contributed by atoms with E-state index in [4.69, 9.17) is 9.47 Å². The molecule has 1 heterocycles. The molecule has 0 radical (unpaired) electrons. The maximum atomic E-state index is 13.5. The topological polar surface area (TPSA) is 135 Å². The van der Waals surface area contributed by atoms with Gasteiger partial charge < -0.3 is 30.7 Å². The molecule has 42 heavy (non-hydrogen) atoms. The van der Waals surface area contributed by atoms with Gasteiger partial charge in [0.05, 0.1) is 18.2 Å². The minimum Gasteiger partial charge on any atom is -0.492 e. The van der Waals surface area contributed by atoms with Gasteiger partial charge in [-0.1, -0.05) is 38.8 Å². The second kappa shape index (κ2) is 14.2. The van der Waals surface area contributed by atoms with Crippen molar-refractivity contribution in [1.29, 1.82) is 0 Å². The van der Waals surface area contributed by atoms with Crippen LogP contribution in [0.2, 0.25) is 0 Å². The number of benzene rings is 2. The first kappa shape index (κ1) is 30.8. The quantitative estimate of drug-likeness (QED) is 0.387. The van der Waals surface area contributed by atoms with Crippen LogP contribution in [0.15, 0.2) is 48.5 Å². The second-order valence-corrected chi connectivity index (χ2v) is 11.1. The molecule has 2 aromatic rings. The molecule has 1 spiro atoms. The summed E-state index contributed by atoms with van der Waals surface area (Å²) in [5, 5.41) is 11.5. The third-order valence-corrected chi connectivity index (χ3v) is 7.71. The summed E-state index contributed by atoms with van der Waals surface area (Å²) in [6.45, 7) is 4.29. The predicted molar refractivity (Wildman–Crippen MR) is 153 cm³/mol. The van der Waals surface area contributed by atoms with Crippen molar-refractivity contribution >= 4 is 23.6 Å². The Hall–Kier alpha value is -4.15. The number of nitrogens with one attached hydrogen (secondary N) is 4. The zero-order valence-corrected chi connectivity index (χ0v) is 24.0. The molecule has 0 saturated heterocycles. The van der Waals surface area contributed by atoms with Gasteiger partial charge in [0.1, 0.15) is 42.1 Å². The Labute approximate surface area is 245 Å². The standard InChI is InChI=1S/C31H39FN4O6/c1-20(2)25-19-42-26-8-4-3-7-23(26)28(38)34-24(29(39)33-17-18-41-22-11-9-21(32)10-12-22)13-14-27(37)36-31(30(40)35-25)15-5-6-16-31/h3-4,7-12,20,24-25H,5-6,13-19H2,1-2H3,(H,33,39)(H,34,38)(H,35,40)(H,36,37)/t24-,25-/m0/s1. The van der Waals surface area contributed by atoms with E-state index in [1.54, 1.807) is 24.3 Å². The van der Waals surface area contributed by atoms with Crippen LogP contribution in [0.4, 0.5) is 4.39 Å². The van der Waals surface area contributed by atoms with E-state index in [1.165, 1.54) is 24.3 Å². The Kier molecular flexibility index (Phi) is 10.4. The smallest absolute Gasteiger partial charge is 0.255 e. The van der Waals surface area contributed by atoms with Gasteiger partial charge in [0.2, 0.25) is 17.7 Å². The van der Waals surface area contributed by atoms with Crippen molar-refractivity contribution in [2.45, 2.75) is 70.0 Å². The lowest BCUT2D eigenvalue weighted by Crippen LogP contribution is -2.60. The lowest BCUT2D eigenvalue weighted by atomic mass is 9.94. The van der Waals surface area contributed by atoms with Crippen LogP contribution in [0.3, 0.4) is 0 Å². The van der Waals surface area contributed by atoms with E-state index in [0.717, 1.165) is 12.8 Å². The number of fused-ring (bicyclic) bond motifs is 1. The molecule has 2 atom stereocenters. The van der Waals surface area contributed by atoms with Gasteiger partial charge in [0.25, 0.3) is 5.91 Å². The molecule has 1 saturated carbocycles. The predicted octanol–water partition coefficient (Wildman–Crippen LogP) is 2.86.